The lowest BCUT2D eigenvalue weighted by molar-refractivity contribution is -0.141. The molecule has 2 N–H and O–H groups in total. The maximum Gasteiger partial charge on any atom is 0.434 e. The number of carbonyl (C=O) groups excluding carboxylic acids is 1. The third-order valence-electron chi connectivity index (χ3n) is 4.70. The van der Waals surface area contributed by atoms with Crippen LogP contribution in [0.25, 0.3) is 0 Å². The van der Waals surface area contributed by atoms with Gasteiger partial charge in [0.1, 0.15) is 11.6 Å². The molecule has 1 aliphatic rings. The summed E-state index contributed by atoms with van der Waals surface area (Å²) < 4.78 is 66.8. The van der Waals surface area contributed by atoms with Crippen molar-refractivity contribution in [2.75, 3.05) is 11.9 Å². The number of aromatic nitrogens is 2. The molecule has 0 bridgehead atoms. The van der Waals surface area contributed by atoms with Gasteiger partial charge < -0.3 is 10.6 Å². The van der Waals surface area contributed by atoms with E-state index in [4.69, 9.17) is 0 Å². The topological polar surface area (TPSA) is 66.9 Å². The molecule has 0 radical (unpaired) electrons. The van der Waals surface area contributed by atoms with Gasteiger partial charge in [-0.3, -0.25) is 4.79 Å². The highest BCUT2D eigenvalue weighted by Gasteiger charge is 2.38. The van der Waals surface area contributed by atoms with Crippen molar-refractivity contribution in [3.63, 3.8) is 0 Å². The molecule has 0 spiro atoms. The molecule has 3 rings (SSSR count). The average Bonchev–Trinajstić information content (AvgIpc) is 2.65. The van der Waals surface area contributed by atoms with E-state index in [1.54, 1.807) is 0 Å². The molecule has 0 atom stereocenters. The zero-order valence-electron chi connectivity index (χ0n) is 15.3. The van der Waals surface area contributed by atoms with Crippen LogP contribution in [0.5, 0.6) is 0 Å². The number of halogens is 5. The summed E-state index contributed by atoms with van der Waals surface area (Å²) in [4.78, 5) is 19.4. The Kier molecular flexibility index (Phi) is 6.29. The molecule has 1 amide bonds. The van der Waals surface area contributed by atoms with Gasteiger partial charge in [-0.15, -0.1) is 0 Å². The molecule has 0 aliphatic heterocycles. The van der Waals surface area contributed by atoms with Gasteiger partial charge in [-0.2, -0.15) is 13.2 Å². The van der Waals surface area contributed by atoms with Crippen molar-refractivity contribution in [3.05, 3.63) is 47.3 Å². The highest BCUT2D eigenvalue weighted by Crippen LogP contribution is 2.31. The van der Waals surface area contributed by atoms with Crippen LogP contribution >= 0.6 is 0 Å². The molecule has 1 heterocycles. The minimum absolute atomic E-state index is 0.162. The summed E-state index contributed by atoms with van der Waals surface area (Å²) in [5.41, 5.74) is -2.29. The van der Waals surface area contributed by atoms with E-state index in [1.807, 2.05) is 0 Å². The van der Waals surface area contributed by atoms with Crippen molar-refractivity contribution in [2.24, 2.45) is 5.92 Å². The molecule has 156 valence electrons. The van der Waals surface area contributed by atoms with Crippen LogP contribution in [0.4, 0.5) is 33.6 Å². The van der Waals surface area contributed by atoms with Gasteiger partial charge in [0.15, 0.2) is 5.69 Å². The van der Waals surface area contributed by atoms with Crippen molar-refractivity contribution in [1.82, 2.24) is 15.3 Å². The lowest BCUT2D eigenvalue weighted by Crippen LogP contribution is -2.32. The van der Waals surface area contributed by atoms with Crippen molar-refractivity contribution >= 4 is 17.5 Å². The van der Waals surface area contributed by atoms with Crippen LogP contribution in [-0.2, 0) is 6.18 Å². The number of nitrogens with one attached hydrogen (secondary N) is 2. The standard InChI is InChI=1S/C19H19F5N4O/c20-12-6-13(21)8-14(7-12)27-18-26-10-15(16(28-18)19(22,23)24)17(29)25-9-11-4-2-1-3-5-11/h6-8,10-11H,1-5,9H2,(H,25,29)(H,26,27,28). The zero-order valence-corrected chi connectivity index (χ0v) is 15.3. The summed E-state index contributed by atoms with van der Waals surface area (Å²) in [7, 11) is 0. The van der Waals surface area contributed by atoms with Crippen molar-refractivity contribution in [3.8, 4) is 0 Å². The minimum atomic E-state index is -4.91. The number of hydrogen-bond donors (Lipinski definition) is 2. The molecule has 1 aromatic heterocycles. The minimum Gasteiger partial charge on any atom is -0.352 e. The highest BCUT2D eigenvalue weighted by atomic mass is 19.4. The maximum atomic E-state index is 13.4. The van der Waals surface area contributed by atoms with E-state index in [0.29, 0.717) is 12.6 Å². The molecule has 29 heavy (non-hydrogen) atoms. The van der Waals surface area contributed by atoms with E-state index in [-0.39, 0.29) is 11.6 Å². The molecule has 5 nitrogen and oxygen atoms in total. The quantitative estimate of drug-likeness (QED) is 0.688. The second-order valence-corrected chi connectivity index (χ2v) is 6.95. The largest absolute Gasteiger partial charge is 0.434 e. The molecule has 0 saturated heterocycles. The number of anilines is 2. The number of rotatable bonds is 5. The second kappa shape index (κ2) is 8.71. The molecule has 1 saturated carbocycles. The van der Waals surface area contributed by atoms with Crippen molar-refractivity contribution in [1.29, 1.82) is 0 Å². The number of benzene rings is 1. The Morgan fingerprint density at radius 1 is 1.07 bits per heavy atom. The van der Waals surface area contributed by atoms with Gasteiger partial charge in [-0.05, 0) is 30.9 Å². The summed E-state index contributed by atoms with van der Waals surface area (Å²) in [5.74, 6) is -3.03. The van der Waals surface area contributed by atoms with Crippen LogP contribution in [-0.4, -0.2) is 22.4 Å². The first-order valence-corrected chi connectivity index (χ1v) is 9.18. The SMILES string of the molecule is O=C(NCC1CCCCC1)c1cnc(Nc2cc(F)cc(F)c2)nc1C(F)(F)F. The lowest BCUT2D eigenvalue weighted by atomic mass is 9.89. The fraction of sp³-hybridized carbons (Fsp3) is 0.421. The summed E-state index contributed by atoms with van der Waals surface area (Å²) in [5, 5.41) is 4.84. The molecular weight excluding hydrogens is 395 g/mol. The van der Waals surface area contributed by atoms with Gasteiger partial charge in [-0.25, -0.2) is 18.7 Å². The van der Waals surface area contributed by atoms with E-state index in [1.165, 1.54) is 0 Å². The van der Waals surface area contributed by atoms with E-state index < -0.39 is 40.9 Å². The highest BCUT2D eigenvalue weighted by molar-refractivity contribution is 5.95. The molecule has 1 aromatic carbocycles. The second-order valence-electron chi connectivity index (χ2n) is 6.95. The number of amides is 1. The third-order valence-corrected chi connectivity index (χ3v) is 4.70. The number of hydrogen-bond acceptors (Lipinski definition) is 4. The number of carbonyl (C=O) groups is 1. The van der Waals surface area contributed by atoms with Gasteiger partial charge in [0.2, 0.25) is 5.95 Å². The van der Waals surface area contributed by atoms with Crippen LogP contribution < -0.4 is 10.6 Å². The van der Waals surface area contributed by atoms with E-state index in [0.717, 1.165) is 50.4 Å². The first-order chi connectivity index (χ1) is 13.7. The molecule has 1 aliphatic carbocycles. The van der Waals surface area contributed by atoms with Gasteiger partial charge in [-0.1, -0.05) is 19.3 Å². The van der Waals surface area contributed by atoms with Gasteiger partial charge in [0.25, 0.3) is 5.91 Å². The number of alkyl halides is 3. The third kappa shape index (κ3) is 5.61. The molecular formula is C19H19F5N4O. The molecule has 1 fully saturated rings. The summed E-state index contributed by atoms with van der Waals surface area (Å²) in [6, 6.07) is 2.38. The van der Waals surface area contributed by atoms with Crippen LogP contribution in [0.2, 0.25) is 0 Å². The Hall–Kier alpha value is -2.78. The summed E-state index contributed by atoms with van der Waals surface area (Å²) in [6.07, 6.45) is 0.900. The van der Waals surface area contributed by atoms with Gasteiger partial charge in [0.05, 0.1) is 5.56 Å². The first kappa shape index (κ1) is 20.9. The van der Waals surface area contributed by atoms with Gasteiger partial charge in [0, 0.05) is 24.5 Å². The fourth-order valence-electron chi connectivity index (χ4n) is 3.30. The zero-order chi connectivity index (χ0) is 21.0. The van der Waals surface area contributed by atoms with E-state index >= 15 is 0 Å². The van der Waals surface area contributed by atoms with Crippen molar-refractivity contribution in [2.45, 2.75) is 38.3 Å². The fourth-order valence-corrected chi connectivity index (χ4v) is 3.30. The summed E-state index contributed by atoms with van der Waals surface area (Å²) in [6.45, 7) is 0.290. The Labute approximate surface area is 163 Å². The normalized spacial score (nSPS) is 15.2. The first-order valence-electron chi connectivity index (χ1n) is 9.18. The maximum absolute atomic E-state index is 13.4. The molecule has 10 heteroatoms. The Morgan fingerprint density at radius 2 is 1.72 bits per heavy atom. The smallest absolute Gasteiger partial charge is 0.352 e. The van der Waals surface area contributed by atoms with E-state index in [9.17, 15) is 26.7 Å². The Bertz CT molecular complexity index is 861. The Balaban J connectivity index is 1.79. The predicted octanol–water partition coefficient (Wildman–Crippen LogP) is 4.83. The molecule has 0 unspecified atom stereocenters. The van der Waals surface area contributed by atoms with Crippen LogP contribution in [0.1, 0.15) is 48.2 Å². The predicted molar refractivity (Wildman–Crippen MR) is 95.6 cm³/mol. The van der Waals surface area contributed by atoms with Crippen LogP contribution in [0.15, 0.2) is 24.4 Å². The van der Waals surface area contributed by atoms with Gasteiger partial charge >= 0.3 is 6.18 Å². The average molecular weight is 414 g/mol. The monoisotopic (exact) mass is 414 g/mol. The van der Waals surface area contributed by atoms with Crippen LogP contribution in [0, 0.1) is 17.6 Å². The Morgan fingerprint density at radius 3 is 2.34 bits per heavy atom. The summed E-state index contributed by atoms with van der Waals surface area (Å²) >= 11 is 0. The van der Waals surface area contributed by atoms with Crippen LogP contribution in [0.3, 0.4) is 0 Å². The number of nitrogens with zero attached hydrogens (tertiary/aromatic N) is 2. The van der Waals surface area contributed by atoms with E-state index in [2.05, 4.69) is 20.6 Å². The van der Waals surface area contributed by atoms with Crippen molar-refractivity contribution < 1.29 is 26.7 Å². The lowest BCUT2D eigenvalue weighted by Gasteiger charge is -2.22. The molecule has 2 aromatic rings.